The predicted molar refractivity (Wildman–Crippen MR) is 78.1 cm³/mol. The van der Waals surface area contributed by atoms with E-state index in [0.717, 1.165) is 26.1 Å². The van der Waals surface area contributed by atoms with Crippen molar-refractivity contribution in [2.45, 2.75) is 58.0 Å². The third kappa shape index (κ3) is 3.29. The van der Waals surface area contributed by atoms with Gasteiger partial charge in [0.25, 0.3) is 0 Å². The Labute approximate surface area is 117 Å². The maximum absolute atomic E-state index is 12.0. The molecular weight excluding hydrogens is 238 g/mol. The summed E-state index contributed by atoms with van der Waals surface area (Å²) < 4.78 is 0. The molecule has 1 unspecified atom stereocenters. The molecule has 1 atom stereocenters. The normalized spacial score (nSPS) is 36.4. The van der Waals surface area contributed by atoms with Gasteiger partial charge in [-0.05, 0) is 52.1 Å². The summed E-state index contributed by atoms with van der Waals surface area (Å²) in [5.74, 6) is 0.205. The number of carbonyl (C=O) groups excluding carboxylic acids is 1. The summed E-state index contributed by atoms with van der Waals surface area (Å²) in [6.45, 7) is 7.38. The van der Waals surface area contributed by atoms with Crippen molar-refractivity contribution in [2.24, 2.45) is 5.41 Å². The van der Waals surface area contributed by atoms with Crippen LogP contribution >= 0.6 is 0 Å². The highest BCUT2D eigenvalue weighted by Gasteiger charge is 2.42. The van der Waals surface area contributed by atoms with Gasteiger partial charge in [0, 0.05) is 25.7 Å². The zero-order valence-corrected chi connectivity index (χ0v) is 12.7. The maximum Gasteiger partial charge on any atom is 0.227 e. The number of hydrogen-bond donors (Lipinski definition) is 2. The summed E-state index contributed by atoms with van der Waals surface area (Å²) in [5.41, 5.74) is -0.173. The Hall–Kier alpha value is -0.610. The third-order valence-corrected chi connectivity index (χ3v) is 4.98. The van der Waals surface area contributed by atoms with E-state index in [1.54, 1.807) is 7.05 Å². The van der Waals surface area contributed by atoms with Gasteiger partial charge in [0.2, 0.25) is 5.91 Å². The van der Waals surface area contributed by atoms with Crippen LogP contribution in [0.15, 0.2) is 0 Å². The van der Waals surface area contributed by atoms with Crippen molar-refractivity contribution in [3.05, 3.63) is 0 Å². The van der Waals surface area contributed by atoms with Crippen LogP contribution in [0.1, 0.15) is 46.0 Å². The molecule has 0 aromatic carbocycles. The molecule has 0 spiro atoms. The first-order valence-corrected chi connectivity index (χ1v) is 7.78. The third-order valence-electron chi connectivity index (χ3n) is 4.98. The molecule has 2 fully saturated rings. The second kappa shape index (κ2) is 6.23. The van der Waals surface area contributed by atoms with Crippen molar-refractivity contribution in [3.63, 3.8) is 0 Å². The van der Waals surface area contributed by atoms with Gasteiger partial charge in [0.1, 0.15) is 0 Å². The fraction of sp³-hybridized carbons (Fsp3) is 0.933. The van der Waals surface area contributed by atoms with Crippen LogP contribution in [0.5, 0.6) is 0 Å². The lowest BCUT2D eigenvalue weighted by atomic mass is 9.88. The number of hydrogen-bond acceptors (Lipinski definition) is 3. The Kier molecular flexibility index (Phi) is 4.85. The quantitative estimate of drug-likeness (QED) is 0.808. The zero-order valence-electron chi connectivity index (χ0n) is 12.7. The number of nitrogens with zero attached hydrogens (tertiary/aromatic N) is 1. The molecule has 0 bridgehead atoms. The fourth-order valence-electron chi connectivity index (χ4n) is 3.73. The highest BCUT2D eigenvalue weighted by molar-refractivity contribution is 5.82. The lowest BCUT2D eigenvalue weighted by molar-refractivity contribution is -0.129. The summed E-state index contributed by atoms with van der Waals surface area (Å²) in [6.07, 6.45) is 6.13. The Morgan fingerprint density at radius 3 is 2.58 bits per heavy atom. The number of carbonyl (C=O) groups is 1. The van der Waals surface area contributed by atoms with E-state index in [1.165, 1.54) is 25.7 Å². The summed E-state index contributed by atoms with van der Waals surface area (Å²) in [7, 11) is 1.75. The van der Waals surface area contributed by atoms with Crippen molar-refractivity contribution in [1.29, 1.82) is 0 Å². The van der Waals surface area contributed by atoms with Crippen LogP contribution in [0.3, 0.4) is 0 Å². The second-order valence-corrected chi connectivity index (χ2v) is 6.42. The number of likely N-dealkylation sites (tertiary alicyclic amines) is 1. The van der Waals surface area contributed by atoms with E-state index >= 15 is 0 Å². The van der Waals surface area contributed by atoms with Gasteiger partial charge in [-0.15, -0.1) is 0 Å². The van der Waals surface area contributed by atoms with Crippen molar-refractivity contribution in [1.82, 2.24) is 15.5 Å². The van der Waals surface area contributed by atoms with Gasteiger partial charge in [-0.25, -0.2) is 0 Å². The SMILES string of the molecule is CCNC1CCC(N2CCC(C)(C(=O)NC)C2)CC1. The van der Waals surface area contributed by atoms with E-state index < -0.39 is 0 Å². The van der Waals surface area contributed by atoms with Crippen LogP contribution < -0.4 is 10.6 Å². The molecule has 1 amide bonds. The number of nitrogens with one attached hydrogen (secondary N) is 2. The second-order valence-electron chi connectivity index (χ2n) is 6.42. The minimum Gasteiger partial charge on any atom is -0.359 e. The molecule has 110 valence electrons. The highest BCUT2D eigenvalue weighted by atomic mass is 16.2. The topological polar surface area (TPSA) is 44.4 Å². The highest BCUT2D eigenvalue weighted by Crippen LogP contribution is 2.34. The molecule has 2 rings (SSSR count). The lowest BCUT2D eigenvalue weighted by Crippen LogP contribution is -2.44. The van der Waals surface area contributed by atoms with Crippen LogP contribution in [-0.4, -0.2) is 49.6 Å². The standard InChI is InChI=1S/C15H29N3O/c1-4-17-12-5-7-13(8-6-12)18-10-9-15(2,11-18)14(19)16-3/h12-13,17H,4-11H2,1-3H3,(H,16,19). The molecule has 1 saturated heterocycles. The summed E-state index contributed by atoms with van der Waals surface area (Å²) in [6, 6.07) is 1.41. The Morgan fingerprint density at radius 1 is 1.32 bits per heavy atom. The van der Waals surface area contributed by atoms with Gasteiger partial charge in [-0.1, -0.05) is 6.92 Å². The first kappa shape index (κ1) is 14.8. The molecule has 1 aliphatic carbocycles. The van der Waals surface area contributed by atoms with E-state index in [9.17, 15) is 4.79 Å². The van der Waals surface area contributed by atoms with Gasteiger partial charge in [-0.3, -0.25) is 9.69 Å². The number of amides is 1. The Balaban J connectivity index is 1.84. The Morgan fingerprint density at radius 2 is 2.00 bits per heavy atom. The number of rotatable bonds is 4. The van der Waals surface area contributed by atoms with Gasteiger partial charge in [0.05, 0.1) is 5.41 Å². The van der Waals surface area contributed by atoms with Crippen molar-refractivity contribution < 1.29 is 4.79 Å². The van der Waals surface area contributed by atoms with Crippen LogP contribution in [-0.2, 0) is 4.79 Å². The Bertz CT molecular complexity index is 313. The van der Waals surface area contributed by atoms with Crippen LogP contribution in [0, 0.1) is 5.41 Å². The minimum atomic E-state index is -0.173. The van der Waals surface area contributed by atoms with Crippen LogP contribution in [0.4, 0.5) is 0 Å². The first-order valence-electron chi connectivity index (χ1n) is 7.78. The first-order chi connectivity index (χ1) is 9.09. The summed E-state index contributed by atoms with van der Waals surface area (Å²) in [5, 5.41) is 6.38. The van der Waals surface area contributed by atoms with Gasteiger partial charge in [0.15, 0.2) is 0 Å². The molecule has 0 radical (unpaired) electrons. The monoisotopic (exact) mass is 267 g/mol. The molecule has 2 aliphatic rings. The largest absolute Gasteiger partial charge is 0.359 e. The zero-order chi connectivity index (χ0) is 13.9. The molecular formula is C15H29N3O. The molecule has 1 heterocycles. The molecule has 19 heavy (non-hydrogen) atoms. The molecule has 0 aromatic rings. The summed E-state index contributed by atoms with van der Waals surface area (Å²) in [4.78, 5) is 14.5. The predicted octanol–water partition coefficient (Wildman–Crippen LogP) is 1.37. The van der Waals surface area contributed by atoms with E-state index in [0.29, 0.717) is 12.1 Å². The smallest absolute Gasteiger partial charge is 0.227 e. The van der Waals surface area contributed by atoms with Gasteiger partial charge < -0.3 is 10.6 Å². The molecule has 0 aromatic heterocycles. The van der Waals surface area contributed by atoms with E-state index in [2.05, 4.69) is 29.4 Å². The van der Waals surface area contributed by atoms with Crippen LogP contribution in [0.25, 0.3) is 0 Å². The summed E-state index contributed by atoms with van der Waals surface area (Å²) >= 11 is 0. The van der Waals surface area contributed by atoms with Gasteiger partial charge >= 0.3 is 0 Å². The lowest BCUT2D eigenvalue weighted by Gasteiger charge is -2.35. The average Bonchev–Trinajstić information content (AvgIpc) is 2.83. The van der Waals surface area contributed by atoms with Crippen molar-refractivity contribution in [2.75, 3.05) is 26.7 Å². The average molecular weight is 267 g/mol. The molecule has 4 heteroatoms. The molecule has 4 nitrogen and oxygen atoms in total. The van der Waals surface area contributed by atoms with Crippen molar-refractivity contribution >= 4 is 5.91 Å². The van der Waals surface area contributed by atoms with Crippen LogP contribution in [0.2, 0.25) is 0 Å². The fourth-order valence-corrected chi connectivity index (χ4v) is 3.73. The molecule has 1 aliphatic heterocycles. The maximum atomic E-state index is 12.0. The minimum absolute atomic E-state index is 0.173. The molecule has 1 saturated carbocycles. The van der Waals surface area contributed by atoms with E-state index in [1.807, 2.05) is 0 Å². The van der Waals surface area contributed by atoms with Crippen molar-refractivity contribution in [3.8, 4) is 0 Å². The van der Waals surface area contributed by atoms with Gasteiger partial charge in [-0.2, -0.15) is 0 Å². The van der Waals surface area contributed by atoms with E-state index in [4.69, 9.17) is 0 Å². The molecule has 2 N–H and O–H groups in total. The van der Waals surface area contributed by atoms with E-state index in [-0.39, 0.29) is 11.3 Å².